The van der Waals surface area contributed by atoms with E-state index < -0.39 is 11.9 Å². The molecule has 166 valence electrons. The number of nitrogens with zero attached hydrogens (tertiary/aromatic N) is 1. The topological polar surface area (TPSA) is 58.6 Å². The maximum absolute atomic E-state index is 13.7. The summed E-state index contributed by atoms with van der Waals surface area (Å²) in [7, 11) is 1.55. The van der Waals surface area contributed by atoms with Gasteiger partial charge in [-0.1, -0.05) is 55.6 Å². The second-order valence-electron chi connectivity index (χ2n) is 7.90. The van der Waals surface area contributed by atoms with Gasteiger partial charge in [0.1, 0.15) is 17.7 Å². The van der Waals surface area contributed by atoms with Crippen LogP contribution in [0.4, 0.5) is 5.69 Å². The lowest BCUT2D eigenvalue weighted by molar-refractivity contribution is -0.126. The second kappa shape index (κ2) is 10.9. The third-order valence-electron chi connectivity index (χ3n) is 5.86. The summed E-state index contributed by atoms with van der Waals surface area (Å²) in [5, 5.41) is 3.60. The van der Waals surface area contributed by atoms with Gasteiger partial charge in [0.2, 0.25) is 11.8 Å². The van der Waals surface area contributed by atoms with Gasteiger partial charge in [-0.3, -0.25) is 14.5 Å². The van der Waals surface area contributed by atoms with Crippen molar-refractivity contribution in [1.29, 1.82) is 0 Å². The average molecular weight is 463 g/mol. The molecule has 7 heteroatoms. The van der Waals surface area contributed by atoms with Gasteiger partial charge in [-0.15, -0.1) is 11.6 Å². The molecule has 3 rings (SSSR count). The Bertz CT molecular complexity index is 921. The van der Waals surface area contributed by atoms with E-state index in [4.69, 9.17) is 27.9 Å². The molecule has 2 aromatic carbocycles. The Balaban J connectivity index is 2.06. The van der Waals surface area contributed by atoms with Crippen molar-refractivity contribution in [2.75, 3.05) is 17.9 Å². The molecule has 1 saturated carbocycles. The molecule has 2 aromatic rings. The molecular weight excluding hydrogens is 435 g/mol. The third-order valence-corrected chi connectivity index (χ3v) is 6.43. The molecular formula is C24H28Cl2N2O3. The number of ether oxygens (including phenoxy) is 1. The van der Waals surface area contributed by atoms with Gasteiger partial charge in [0.15, 0.2) is 0 Å². The summed E-state index contributed by atoms with van der Waals surface area (Å²) >= 11 is 12.5. The van der Waals surface area contributed by atoms with Crippen LogP contribution in [0.5, 0.6) is 5.75 Å². The second-order valence-corrected chi connectivity index (χ2v) is 8.57. The minimum absolute atomic E-state index is 0.0597. The molecule has 31 heavy (non-hydrogen) atoms. The highest BCUT2D eigenvalue weighted by Crippen LogP contribution is 2.34. The van der Waals surface area contributed by atoms with Crippen molar-refractivity contribution in [3.63, 3.8) is 0 Å². The largest absolute Gasteiger partial charge is 0.497 e. The molecule has 1 aliphatic carbocycles. The van der Waals surface area contributed by atoms with Crippen LogP contribution in [-0.2, 0) is 9.59 Å². The quantitative estimate of drug-likeness (QED) is 0.563. The Labute approximate surface area is 193 Å². The fraction of sp³-hybridized carbons (Fsp3) is 0.417. The van der Waals surface area contributed by atoms with E-state index in [1.54, 1.807) is 55.6 Å². The molecule has 3 unspecified atom stereocenters. The predicted molar refractivity (Wildman–Crippen MR) is 125 cm³/mol. The fourth-order valence-electron chi connectivity index (χ4n) is 4.15. The molecule has 5 nitrogen and oxygen atoms in total. The molecule has 0 spiro atoms. The van der Waals surface area contributed by atoms with Crippen molar-refractivity contribution in [1.82, 2.24) is 5.32 Å². The number of methoxy groups -OCH3 is 1. The van der Waals surface area contributed by atoms with E-state index in [0.717, 1.165) is 19.3 Å². The van der Waals surface area contributed by atoms with Crippen LogP contribution in [0.1, 0.15) is 44.2 Å². The van der Waals surface area contributed by atoms with Crippen LogP contribution in [0.15, 0.2) is 48.5 Å². The molecule has 1 aliphatic rings. The Morgan fingerprint density at radius 2 is 1.90 bits per heavy atom. The van der Waals surface area contributed by atoms with Crippen LogP contribution in [0, 0.1) is 5.92 Å². The lowest BCUT2D eigenvalue weighted by Gasteiger charge is -2.35. The summed E-state index contributed by atoms with van der Waals surface area (Å²) < 4.78 is 5.33. The minimum atomic E-state index is -0.957. The third kappa shape index (κ3) is 5.52. The van der Waals surface area contributed by atoms with Crippen LogP contribution < -0.4 is 15.0 Å². The number of carbonyl (C=O) groups excluding carboxylic acids is 2. The van der Waals surface area contributed by atoms with E-state index in [9.17, 15) is 9.59 Å². The molecule has 1 fully saturated rings. The first-order valence-electron chi connectivity index (χ1n) is 10.5. The van der Waals surface area contributed by atoms with E-state index in [2.05, 4.69) is 12.2 Å². The van der Waals surface area contributed by atoms with E-state index in [1.807, 2.05) is 0 Å². The van der Waals surface area contributed by atoms with Gasteiger partial charge in [0.25, 0.3) is 0 Å². The maximum atomic E-state index is 13.7. The lowest BCUT2D eigenvalue weighted by Crippen LogP contribution is -2.49. The van der Waals surface area contributed by atoms with Gasteiger partial charge in [-0.05, 0) is 37.0 Å². The normalized spacial score (nSPS) is 19.4. The average Bonchev–Trinajstić information content (AvgIpc) is 2.79. The zero-order valence-electron chi connectivity index (χ0n) is 17.8. The van der Waals surface area contributed by atoms with Crippen LogP contribution >= 0.6 is 23.2 Å². The van der Waals surface area contributed by atoms with E-state index in [0.29, 0.717) is 27.9 Å². The number of amides is 2. The Hall–Kier alpha value is -2.24. The highest BCUT2D eigenvalue weighted by Gasteiger charge is 2.36. The number of rotatable bonds is 7. The van der Waals surface area contributed by atoms with Crippen molar-refractivity contribution in [2.24, 2.45) is 5.92 Å². The lowest BCUT2D eigenvalue weighted by atomic mass is 9.85. The molecule has 1 N–H and O–H groups in total. The molecule has 0 aliphatic heterocycles. The first-order chi connectivity index (χ1) is 15.0. The molecule has 0 radical (unpaired) electrons. The number of carbonyl (C=O) groups is 2. The SMILES string of the molecule is COc1cccc(N(C(=O)CCl)C(C(=O)NC2CCCCC2C)c2ccccc2Cl)c1. The number of nitrogens with one attached hydrogen (secondary N) is 1. The van der Waals surface area contributed by atoms with Crippen molar-refractivity contribution >= 4 is 40.7 Å². The van der Waals surface area contributed by atoms with Gasteiger partial charge in [0.05, 0.1) is 7.11 Å². The maximum Gasteiger partial charge on any atom is 0.248 e. The van der Waals surface area contributed by atoms with Crippen LogP contribution in [0.25, 0.3) is 0 Å². The van der Waals surface area contributed by atoms with Crippen molar-refractivity contribution < 1.29 is 14.3 Å². The fourth-order valence-corrected chi connectivity index (χ4v) is 4.52. The zero-order chi connectivity index (χ0) is 22.4. The summed E-state index contributed by atoms with van der Waals surface area (Å²) in [5.74, 6) is 0.00755. The van der Waals surface area contributed by atoms with Crippen molar-refractivity contribution in [3.05, 3.63) is 59.1 Å². The Morgan fingerprint density at radius 1 is 1.16 bits per heavy atom. The van der Waals surface area contributed by atoms with Gasteiger partial charge >= 0.3 is 0 Å². The number of halogens is 2. The molecule has 0 saturated heterocycles. The Kier molecular flexibility index (Phi) is 8.22. The summed E-state index contributed by atoms with van der Waals surface area (Å²) in [6.07, 6.45) is 4.24. The molecule has 2 amide bonds. The summed E-state index contributed by atoms with van der Waals surface area (Å²) in [6.45, 7) is 2.15. The number of hydrogen-bond acceptors (Lipinski definition) is 3. The molecule has 0 bridgehead atoms. The standard InChI is InChI=1S/C24H28Cl2N2O3/c1-16-8-3-6-13-21(16)27-24(30)23(19-11-4-5-12-20(19)26)28(22(29)15-25)17-9-7-10-18(14-17)31-2/h4-5,7,9-12,14,16,21,23H,3,6,8,13,15H2,1-2H3,(H,27,30). The van der Waals surface area contributed by atoms with Crippen molar-refractivity contribution in [3.8, 4) is 5.75 Å². The first-order valence-corrected chi connectivity index (χ1v) is 11.4. The van der Waals surface area contributed by atoms with Gasteiger partial charge < -0.3 is 10.1 Å². The monoisotopic (exact) mass is 462 g/mol. The first kappa shape index (κ1) is 23.4. The zero-order valence-corrected chi connectivity index (χ0v) is 19.3. The summed E-state index contributed by atoms with van der Waals surface area (Å²) in [4.78, 5) is 28.1. The predicted octanol–water partition coefficient (Wildman–Crippen LogP) is 5.36. The number of alkyl halides is 1. The van der Waals surface area contributed by atoms with E-state index >= 15 is 0 Å². The van der Waals surface area contributed by atoms with Crippen LogP contribution in [0.2, 0.25) is 5.02 Å². The number of hydrogen-bond donors (Lipinski definition) is 1. The van der Waals surface area contributed by atoms with Crippen LogP contribution in [0.3, 0.4) is 0 Å². The highest BCUT2D eigenvalue weighted by atomic mass is 35.5. The van der Waals surface area contributed by atoms with Gasteiger partial charge in [0, 0.05) is 28.4 Å². The molecule has 0 heterocycles. The highest BCUT2D eigenvalue weighted by molar-refractivity contribution is 6.32. The van der Waals surface area contributed by atoms with Gasteiger partial charge in [-0.2, -0.15) is 0 Å². The molecule has 0 aromatic heterocycles. The van der Waals surface area contributed by atoms with Crippen LogP contribution in [-0.4, -0.2) is 30.8 Å². The van der Waals surface area contributed by atoms with Gasteiger partial charge in [-0.25, -0.2) is 0 Å². The molecule has 3 atom stereocenters. The van der Waals surface area contributed by atoms with E-state index in [-0.39, 0.29) is 17.8 Å². The summed E-state index contributed by atoms with van der Waals surface area (Å²) in [6, 6.07) is 13.2. The van der Waals surface area contributed by atoms with Crippen molar-refractivity contribution in [2.45, 2.75) is 44.7 Å². The van der Waals surface area contributed by atoms with E-state index in [1.165, 1.54) is 11.3 Å². The summed E-state index contributed by atoms with van der Waals surface area (Å²) in [5.41, 5.74) is 1.06. The Morgan fingerprint density at radius 3 is 2.58 bits per heavy atom. The minimum Gasteiger partial charge on any atom is -0.497 e. The number of anilines is 1. The smallest absolute Gasteiger partial charge is 0.248 e. The number of benzene rings is 2.